The molecule has 4 aromatic rings. The molecule has 5 rings (SSSR count). The summed E-state index contributed by atoms with van der Waals surface area (Å²) in [5, 5.41) is 17.0. The van der Waals surface area contributed by atoms with Gasteiger partial charge in [0.2, 0.25) is 5.91 Å². The van der Waals surface area contributed by atoms with Gasteiger partial charge in [0.25, 0.3) is 5.91 Å². The van der Waals surface area contributed by atoms with E-state index in [0.717, 1.165) is 0 Å². The van der Waals surface area contributed by atoms with Gasteiger partial charge in [-0.05, 0) is 61.9 Å². The topological polar surface area (TPSA) is 126 Å². The lowest BCUT2D eigenvalue weighted by molar-refractivity contribution is -0.120. The number of aromatic nitrogens is 2. The third-order valence-corrected chi connectivity index (χ3v) is 6.74. The molecule has 1 aliphatic rings. The molecule has 0 radical (unpaired) electrons. The molecule has 0 saturated heterocycles. The van der Waals surface area contributed by atoms with Crippen molar-refractivity contribution in [3.05, 3.63) is 99.7 Å². The predicted octanol–water partition coefficient (Wildman–Crippen LogP) is 4.91. The normalized spacial score (nSPS) is 15.1. The van der Waals surface area contributed by atoms with Gasteiger partial charge in [0.15, 0.2) is 0 Å². The smallest absolute Gasteiger partial charge is 0.336 e. The molecule has 2 aromatic heterocycles. The monoisotopic (exact) mass is 530 g/mol. The largest absolute Gasteiger partial charge is 0.478 e. The second-order valence-electron chi connectivity index (χ2n) is 9.04. The summed E-state index contributed by atoms with van der Waals surface area (Å²) in [4.78, 5) is 45.1. The number of carboxylic acid groups (broad SMARTS) is 1. The summed E-state index contributed by atoms with van der Waals surface area (Å²) < 4.78 is 5.28. The first-order chi connectivity index (χ1) is 18.2. The number of aromatic carboxylic acids is 1. The number of amides is 2. The van der Waals surface area contributed by atoms with Crippen LogP contribution in [0.3, 0.4) is 0 Å². The molecule has 0 saturated carbocycles. The number of hydrogen-bond acceptors (Lipinski definition) is 6. The third kappa shape index (κ3) is 4.76. The summed E-state index contributed by atoms with van der Waals surface area (Å²) in [6, 6.07) is 14.1. The zero-order valence-electron chi connectivity index (χ0n) is 20.6. The summed E-state index contributed by atoms with van der Waals surface area (Å²) in [5.41, 5.74) is 3.54. The van der Waals surface area contributed by atoms with Crippen molar-refractivity contribution in [1.82, 2.24) is 15.0 Å². The van der Waals surface area contributed by atoms with Crippen LogP contribution < -0.4 is 5.32 Å². The van der Waals surface area contributed by atoms with Crippen molar-refractivity contribution in [2.75, 3.05) is 5.32 Å². The minimum atomic E-state index is -1.10. The Kier molecular flexibility index (Phi) is 6.69. The van der Waals surface area contributed by atoms with Crippen molar-refractivity contribution in [3.63, 3.8) is 0 Å². The van der Waals surface area contributed by atoms with Crippen molar-refractivity contribution in [3.8, 4) is 11.1 Å². The quantitative estimate of drug-likeness (QED) is 0.362. The van der Waals surface area contributed by atoms with Crippen LogP contribution in [0.25, 0.3) is 11.1 Å². The van der Waals surface area contributed by atoms with Crippen LogP contribution in [0.15, 0.2) is 65.3 Å². The van der Waals surface area contributed by atoms with Gasteiger partial charge in [-0.1, -0.05) is 28.9 Å². The van der Waals surface area contributed by atoms with Gasteiger partial charge in [-0.15, -0.1) is 0 Å². The number of benzene rings is 2. The zero-order chi connectivity index (χ0) is 27.0. The molecule has 10 heteroatoms. The molecule has 0 fully saturated rings. The Labute approximate surface area is 223 Å². The van der Waals surface area contributed by atoms with E-state index in [1.807, 2.05) is 6.07 Å². The molecule has 2 aromatic carbocycles. The number of carboxylic acids is 1. The highest BCUT2D eigenvalue weighted by Gasteiger charge is 2.36. The summed E-state index contributed by atoms with van der Waals surface area (Å²) >= 11 is 6.14. The maximum Gasteiger partial charge on any atom is 0.336 e. The van der Waals surface area contributed by atoms with Crippen LogP contribution in [0.5, 0.6) is 0 Å². The summed E-state index contributed by atoms with van der Waals surface area (Å²) in [5.74, 6) is -1.36. The SMILES string of the molecule is Cc1noc(C)c1-c1cc(CN2C(=O)c3ccc(Cl)cc3NC(=O)[C@H]2Cc2ccccn2)ccc1C(=O)O. The van der Waals surface area contributed by atoms with Crippen molar-refractivity contribution >= 4 is 35.1 Å². The Bertz CT molecular complexity index is 1550. The Balaban J connectivity index is 1.60. The van der Waals surface area contributed by atoms with E-state index in [1.165, 1.54) is 11.0 Å². The lowest BCUT2D eigenvalue weighted by atomic mass is 9.95. The number of nitrogens with one attached hydrogen (secondary N) is 1. The Morgan fingerprint density at radius 3 is 2.61 bits per heavy atom. The molecule has 3 heterocycles. The van der Waals surface area contributed by atoms with Crippen LogP contribution in [0, 0.1) is 13.8 Å². The van der Waals surface area contributed by atoms with E-state index in [2.05, 4.69) is 15.5 Å². The highest BCUT2D eigenvalue weighted by atomic mass is 35.5. The van der Waals surface area contributed by atoms with Crippen LogP contribution in [-0.4, -0.2) is 44.0 Å². The van der Waals surface area contributed by atoms with Crippen LogP contribution >= 0.6 is 11.6 Å². The third-order valence-electron chi connectivity index (χ3n) is 6.51. The van der Waals surface area contributed by atoms with Gasteiger partial charge in [-0.25, -0.2) is 4.79 Å². The van der Waals surface area contributed by atoms with E-state index in [1.54, 1.807) is 62.5 Å². The zero-order valence-corrected chi connectivity index (χ0v) is 21.3. The number of fused-ring (bicyclic) bond motifs is 1. The highest BCUT2D eigenvalue weighted by molar-refractivity contribution is 6.31. The number of halogens is 1. The summed E-state index contributed by atoms with van der Waals surface area (Å²) in [7, 11) is 0. The number of carbonyl (C=O) groups excluding carboxylic acids is 2. The molecule has 0 bridgehead atoms. The first-order valence-corrected chi connectivity index (χ1v) is 12.2. The first-order valence-electron chi connectivity index (χ1n) is 11.8. The second-order valence-corrected chi connectivity index (χ2v) is 9.47. The maximum atomic E-state index is 13.8. The number of nitrogens with zero attached hydrogens (tertiary/aromatic N) is 3. The predicted molar refractivity (Wildman–Crippen MR) is 140 cm³/mol. The average molecular weight is 531 g/mol. The number of pyridine rings is 1. The van der Waals surface area contributed by atoms with Crippen molar-refractivity contribution < 1.29 is 24.0 Å². The summed E-state index contributed by atoms with van der Waals surface area (Å²) in [6.07, 6.45) is 1.81. The van der Waals surface area contributed by atoms with Gasteiger partial charge in [0.05, 0.1) is 22.5 Å². The molecule has 1 atom stereocenters. The Hall–Kier alpha value is -4.50. The second kappa shape index (κ2) is 10.1. The first kappa shape index (κ1) is 25.2. The van der Waals surface area contributed by atoms with Crippen molar-refractivity contribution in [2.45, 2.75) is 32.9 Å². The van der Waals surface area contributed by atoms with E-state index in [4.69, 9.17) is 16.1 Å². The number of hydrogen-bond donors (Lipinski definition) is 2. The Morgan fingerprint density at radius 2 is 1.92 bits per heavy atom. The van der Waals surface area contributed by atoms with Crippen molar-refractivity contribution in [2.24, 2.45) is 0 Å². The van der Waals surface area contributed by atoms with Crippen LogP contribution in [-0.2, 0) is 17.8 Å². The fourth-order valence-corrected chi connectivity index (χ4v) is 4.88. The molecule has 0 unspecified atom stereocenters. The standard InChI is InChI=1S/C28H23ClN4O5/c1-15-25(16(2)38-32-15)22-11-17(6-8-20(22)28(36)37)14-33-24(13-19-5-3-4-10-30-19)26(34)31-23-12-18(29)7-9-21(23)27(33)35/h3-12,24H,13-14H2,1-2H3,(H,31,34)(H,36,37)/t24-/m1/s1. The maximum absolute atomic E-state index is 13.8. The molecule has 2 amide bonds. The van der Waals surface area contributed by atoms with E-state index < -0.39 is 12.0 Å². The van der Waals surface area contributed by atoms with Crippen LogP contribution in [0.4, 0.5) is 5.69 Å². The average Bonchev–Trinajstić information content (AvgIpc) is 3.19. The Morgan fingerprint density at radius 1 is 1.11 bits per heavy atom. The molecule has 0 aliphatic carbocycles. The fraction of sp³-hybridized carbons (Fsp3) is 0.179. The van der Waals surface area contributed by atoms with E-state index in [-0.39, 0.29) is 30.3 Å². The van der Waals surface area contributed by atoms with Gasteiger partial charge in [-0.3, -0.25) is 14.6 Å². The molecule has 38 heavy (non-hydrogen) atoms. The molecule has 192 valence electrons. The summed E-state index contributed by atoms with van der Waals surface area (Å²) in [6.45, 7) is 3.49. The minimum Gasteiger partial charge on any atom is -0.478 e. The lowest BCUT2D eigenvalue weighted by Crippen LogP contribution is -2.46. The molecular weight excluding hydrogens is 508 g/mol. The lowest BCUT2D eigenvalue weighted by Gasteiger charge is -2.29. The molecule has 2 N–H and O–H groups in total. The van der Waals surface area contributed by atoms with Crippen LogP contribution in [0.2, 0.25) is 5.02 Å². The minimum absolute atomic E-state index is 0.0437. The van der Waals surface area contributed by atoms with E-state index in [0.29, 0.717) is 50.1 Å². The van der Waals surface area contributed by atoms with Crippen molar-refractivity contribution in [1.29, 1.82) is 0 Å². The number of carbonyl (C=O) groups is 3. The van der Waals surface area contributed by atoms with E-state index >= 15 is 0 Å². The number of aryl methyl sites for hydroxylation is 2. The van der Waals surface area contributed by atoms with Gasteiger partial charge in [0, 0.05) is 41.0 Å². The van der Waals surface area contributed by atoms with Gasteiger partial charge < -0.3 is 19.8 Å². The van der Waals surface area contributed by atoms with Gasteiger partial charge >= 0.3 is 5.97 Å². The van der Waals surface area contributed by atoms with Gasteiger partial charge in [-0.2, -0.15) is 0 Å². The molecule has 0 spiro atoms. The van der Waals surface area contributed by atoms with Gasteiger partial charge in [0.1, 0.15) is 11.8 Å². The highest BCUT2D eigenvalue weighted by Crippen LogP contribution is 2.33. The number of anilines is 1. The molecule has 9 nitrogen and oxygen atoms in total. The fourth-order valence-electron chi connectivity index (χ4n) is 4.71. The number of rotatable bonds is 6. The molecule has 1 aliphatic heterocycles. The molecular formula is C28H23ClN4O5. The van der Waals surface area contributed by atoms with Crippen LogP contribution in [0.1, 0.15) is 43.4 Å². The van der Waals surface area contributed by atoms with E-state index in [9.17, 15) is 19.5 Å².